The Labute approximate surface area is 133 Å². The molecule has 0 amide bonds. The Morgan fingerprint density at radius 3 is 2.73 bits per heavy atom. The van der Waals surface area contributed by atoms with Gasteiger partial charge in [-0.3, -0.25) is 0 Å². The number of sulfonamides is 1. The van der Waals surface area contributed by atoms with Crippen LogP contribution < -0.4 is 0 Å². The summed E-state index contributed by atoms with van der Waals surface area (Å²) in [6, 6.07) is 9.24. The molecule has 1 aliphatic rings. The second-order valence-corrected chi connectivity index (χ2v) is 8.22. The fourth-order valence-electron chi connectivity index (χ4n) is 2.49. The van der Waals surface area contributed by atoms with Crippen LogP contribution in [-0.2, 0) is 10.0 Å². The van der Waals surface area contributed by atoms with Gasteiger partial charge in [-0.15, -0.1) is 11.8 Å². The summed E-state index contributed by atoms with van der Waals surface area (Å²) < 4.78 is 45.8. The number of furan rings is 1. The summed E-state index contributed by atoms with van der Waals surface area (Å²) in [6.45, 7) is 0.730. The second-order valence-electron chi connectivity index (χ2n) is 5.00. The summed E-state index contributed by atoms with van der Waals surface area (Å²) in [7, 11) is -3.79. The van der Waals surface area contributed by atoms with Crippen molar-refractivity contribution in [3.05, 3.63) is 54.2 Å². The van der Waals surface area contributed by atoms with Crippen molar-refractivity contribution in [3.63, 3.8) is 0 Å². The molecule has 0 bridgehead atoms. The lowest BCUT2D eigenvalue weighted by atomic mass is 10.2. The fraction of sp³-hybridized carbons (Fsp3) is 0.333. The van der Waals surface area contributed by atoms with Gasteiger partial charge in [-0.25, -0.2) is 12.8 Å². The number of benzene rings is 1. The van der Waals surface area contributed by atoms with E-state index in [1.807, 2.05) is 12.1 Å². The Morgan fingerprint density at radius 1 is 1.18 bits per heavy atom. The zero-order valence-electron chi connectivity index (χ0n) is 11.8. The minimum absolute atomic E-state index is 0.135. The lowest BCUT2D eigenvalue weighted by molar-refractivity contribution is 0.414. The molecule has 1 aromatic carbocycles. The summed E-state index contributed by atoms with van der Waals surface area (Å²) in [6.07, 6.45) is 2.26. The van der Waals surface area contributed by atoms with Gasteiger partial charge < -0.3 is 4.42 Å². The van der Waals surface area contributed by atoms with Crippen molar-refractivity contribution in [2.45, 2.75) is 16.6 Å². The molecule has 0 radical (unpaired) electrons. The van der Waals surface area contributed by atoms with Gasteiger partial charge in [-0.1, -0.05) is 12.1 Å². The molecule has 7 heteroatoms. The maximum atomic E-state index is 13.8. The number of rotatable bonds is 3. The van der Waals surface area contributed by atoms with E-state index in [4.69, 9.17) is 4.42 Å². The summed E-state index contributed by atoms with van der Waals surface area (Å²) >= 11 is 1.67. The van der Waals surface area contributed by atoms with Crippen LogP contribution in [0.4, 0.5) is 4.39 Å². The third kappa shape index (κ3) is 3.06. The zero-order chi connectivity index (χ0) is 15.6. The monoisotopic (exact) mass is 341 g/mol. The molecule has 2 aromatic rings. The van der Waals surface area contributed by atoms with Crippen molar-refractivity contribution in [3.8, 4) is 0 Å². The first-order chi connectivity index (χ1) is 10.6. The molecule has 1 unspecified atom stereocenters. The van der Waals surface area contributed by atoms with Crippen LogP contribution in [0.5, 0.6) is 0 Å². The summed E-state index contributed by atoms with van der Waals surface area (Å²) in [4.78, 5) is -0.253. The van der Waals surface area contributed by atoms with E-state index in [2.05, 4.69) is 0 Å². The third-order valence-electron chi connectivity index (χ3n) is 3.62. The Balaban J connectivity index is 1.80. The molecule has 2 heterocycles. The molecular formula is C15H16FNO3S2. The van der Waals surface area contributed by atoms with Gasteiger partial charge in [-0.2, -0.15) is 4.31 Å². The fourth-order valence-corrected chi connectivity index (χ4v) is 5.30. The van der Waals surface area contributed by atoms with E-state index in [1.165, 1.54) is 28.6 Å². The Bertz CT molecular complexity index is 731. The van der Waals surface area contributed by atoms with Gasteiger partial charge in [0.05, 0.1) is 11.5 Å². The highest BCUT2D eigenvalue weighted by Crippen LogP contribution is 2.35. The molecule has 1 saturated heterocycles. The van der Waals surface area contributed by atoms with Gasteiger partial charge >= 0.3 is 0 Å². The van der Waals surface area contributed by atoms with E-state index >= 15 is 0 Å². The molecule has 1 fully saturated rings. The molecule has 4 nitrogen and oxygen atoms in total. The number of nitrogens with zero attached hydrogens (tertiary/aromatic N) is 1. The standard InChI is InChI=1S/C15H16FNO3S2/c16-12-4-1-2-6-15(12)22(18,19)17-8-7-14(21-11-9-17)13-5-3-10-20-13/h1-6,10,14H,7-9,11H2. The van der Waals surface area contributed by atoms with Gasteiger partial charge in [0.15, 0.2) is 0 Å². The summed E-state index contributed by atoms with van der Waals surface area (Å²) in [5.74, 6) is 0.802. The van der Waals surface area contributed by atoms with E-state index in [-0.39, 0.29) is 10.1 Å². The van der Waals surface area contributed by atoms with Crippen molar-refractivity contribution in [1.29, 1.82) is 0 Å². The summed E-state index contributed by atoms with van der Waals surface area (Å²) in [5.41, 5.74) is 0. The first-order valence-electron chi connectivity index (χ1n) is 6.99. The average Bonchev–Trinajstić information content (AvgIpc) is 2.91. The normalized spacial score (nSPS) is 20.7. The number of hydrogen-bond donors (Lipinski definition) is 0. The number of thioether (sulfide) groups is 1. The molecule has 3 rings (SSSR count). The van der Waals surface area contributed by atoms with Crippen molar-refractivity contribution in [1.82, 2.24) is 4.31 Å². The highest BCUT2D eigenvalue weighted by Gasteiger charge is 2.30. The molecule has 1 atom stereocenters. The van der Waals surface area contributed by atoms with Crippen molar-refractivity contribution < 1.29 is 17.2 Å². The van der Waals surface area contributed by atoms with Crippen LogP contribution in [0, 0.1) is 5.82 Å². The minimum atomic E-state index is -3.79. The number of halogens is 1. The Kier molecular flexibility index (Phi) is 4.56. The molecule has 0 saturated carbocycles. The highest BCUT2D eigenvalue weighted by atomic mass is 32.2. The molecule has 0 spiro atoms. The first-order valence-corrected chi connectivity index (χ1v) is 9.47. The molecule has 0 N–H and O–H groups in total. The van der Waals surface area contributed by atoms with Gasteiger partial charge in [0, 0.05) is 18.8 Å². The highest BCUT2D eigenvalue weighted by molar-refractivity contribution is 7.99. The smallest absolute Gasteiger partial charge is 0.246 e. The van der Waals surface area contributed by atoms with Crippen LogP contribution >= 0.6 is 11.8 Å². The van der Waals surface area contributed by atoms with Crippen LogP contribution in [-0.4, -0.2) is 31.6 Å². The minimum Gasteiger partial charge on any atom is -0.468 e. The van der Waals surface area contributed by atoms with Gasteiger partial charge in [0.25, 0.3) is 0 Å². The van der Waals surface area contributed by atoms with E-state index < -0.39 is 15.8 Å². The van der Waals surface area contributed by atoms with Crippen LogP contribution in [0.1, 0.15) is 17.4 Å². The van der Waals surface area contributed by atoms with E-state index in [0.717, 1.165) is 5.76 Å². The molecule has 1 aromatic heterocycles. The van der Waals surface area contributed by atoms with Crippen molar-refractivity contribution >= 4 is 21.8 Å². The molecule has 0 aliphatic carbocycles. The molecule has 22 heavy (non-hydrogen) atoms. The average molecular weight is 341 g/mol. The Morgan fingerprint density at radius 2 is 2.00 bits per heavy atom. The van der Waals surface area contributed by atoms with E-state index in [1.54, 1.807) is 18.0 Å². The maximum Gasteiger partial charge on any atom is 0.246 e. The SMILES string of the molecule is O=S(=O)(c1ccccc1F)N1CCSC(c2ccco2)CC1. The third-order valence-corrected chi connectivity index (χ3v) is 6.84. The second kappa shape index (κ2) is 6.44. The molecular weight excluding hydrogens is 325 g/mol. The van der Waals surface area contributed by atoms with Crippen molar-refractivity contribution in [2.24, 2.45) is 0 Å². The predicted octanol–water partition coefficient (Wildman–Crippen LogP) is 3.29. The molecule has 1 aliphatic heterocycles. The van der Waals surface area contributed by atoms with E-state index in [9.17, 15) is 12.8 Å². The van der Waals surface area contributed by atoms with Crippen LogP contribution in [0.15, 0.2) is 52.0 Å². The topological polar surface area (TPSA) is 50.5 Å². The van der Waals surface area contributed by atoms with Crippen LogP contribution in [0.25, 0.3) is 0 Å². The lowest BCUT2D eigenvalue weighted by Gasteiger charge is -2.20. The number of hydrogen-bond acceptors (Lipinski definition) is 4. The molecule has 118 valence electrons. The van der Waals surface area contributed by atoms with E-state index in [0.29, 0.717) is 25.3 Å². The van der Waals surface area contributed by atoms with Gasteiger partial charge in [0.2, 0.25) is 10.0 Å². The zero-order valence-corrected chi connectivity index (χ0v) is 13.4. The van der Waals surface area contributed by atoms with Crippen LogP contribution in [0.3, 0.4) is 0 Å². The van der Waals surface area contributed by atoms with Crippen molar-refractivity contribution in [2.75, 3.05) is 18.8 Å². The largest absolute Gasteiger partial charge is 0.468 e. The predicted molar refractivity (Wildman–Crippen MR) is 83.7 cm³/mol. The maximum absolute atomic E-state index is 13.8. The lowest BCUT2D eigenvalue weighted by Crippen LogP contribution is -2.33. The van der Waals surface area contributed by atoms with Gasteiger partial charge in [-0.05, 0) is 30.7 Å². The Hall–Kier alpha value is -1.31. The quantitative estimate of drug-likeness (QED) is 0.860. The summed E-state index contributed by atoms with van der Waals surface area (Å²) in [5, 5.41) is 0.135. The first kappa shape index (κ1) is 15.6. The van der Waals surface area contributed by atoms with Crippen LogP contribution in [0.2, 0.25) is 0 Å². The van der Waals surface area contributed by atoms with Gasteiger partial charge in [0.1, 0.15) is 16.5 Å².